The zero-order valence-electron chi connectivity index (χ0n) is 16.9. The highest BCUT2D eigenvalue weighted by Crippen LogP contribution is 2.26. The lowest BCUT2D eigenvalue weighted by Gasteiger charge is -2.33. The second-order valence-corrected chi connectivity index (χ2v) is 7.17. The Morgan fingerprint density at radius 1 is 0.867 bits per heavy atom. The summed E-state index contributed by atoms with van der Waals surface area (Å²) in [5.74, 6) is -1.53. The van der Waals surface area contributed by atoms with Crippen LogP contribution in [0.15, 0.2) is 60.7 Å². The van der Waals surface area contributed by atoms with Crippen LogP contribution in [0.3, 0.4) is 0 Å². The second-order valence-electron chi connectivity index (χ2n) is 7.17. The summed E-state index contributed by atoms with van der Waals surface area (Å²) in [7, 11) is 0. The first-order valence-corrected chi connectivity index (χ1v) is 10.2. The molecule has 158 valence electrons. The van der Waals surface area contributed by atoms with Gasteiger partial charge in [0.1, 0.15) is 0 Å². The van der Waals surface area contributed by atoms with Gasteiger partial charge in [0.2, 0.25) is 0 Å². The Labute approximate surface area is 176 Å². The number of esters is 1. The van der Waals surface area contributed by atoms with E-state index in [0.717, 1.165) is 11.1 Å². The molecule has 0 aromatic heterocycles. The lowest BCUT2D eigenvalue weighted by Crippen LogP contribution is -2.54. The van der Waals surface area contributed by atoms with Crippen LogP contribution in [-0.4, -0.2) is 60.3 Å². The lowest BCUT2D eigenvalue weighted by molar-refractivity contribution is -0.157. The molecule has 0 radical (unpaired) electrons. The predicted octanol–water partition coefficient (Wildman–Crippen LogP) is 1.73. The van der Waals surface area contributed by atoms with E-state index in [1.807, 2.05) is 60.7 Å². The number of carbonyl (C=O) groups excluding carboxylic acids is 3. The number of hydrogen-bond donors (Lipinski definition) is 1. The van der Waals surface area contributed by atoms with Crippen molar-refractivity contribution in [3.05, 3.63) is 71.8 Å². The van der Waals surface area contributed by atoms with E-state index < -0.39 is 23.9 Å². The van der Waals surface area contributed by atoms with Crippen molar-refractivity contribution < 1.29 is 19.1 Å². The number of amides is 2. The first-order valence-electron chi connectivity index (χ1n) is 10.2. The minimum Gasteiger partial charge on any atom is -0.452 e. The molecule has 0 bridgehead atoms. The fourth-order valence-corrected chi connectivity index (χ4v) is 3.42. The molecule has 0 aliphatic carbocycles. The molecule has 1 heterocycles. The first-order chi connectivity index (χ1) is 14.6. The van der Waals surface area contributed by atoms with Crippen molar-refractivity contribution in [3.63, 3.8) is 0 Å². The average molecular weight is 409 g/mol. The fraction of sp³-hybridized carbons (Fsp3) is 0.348. The molecule has 2 aromatic rings. The van der Waals surface area contributed by atoms with Crippen molar-refractivity contribution >= 4 is 17.8 Å². The Bertz CT molecular complexity index is 818. The Morgan fingerprint density at radius 3 is 1.87 bits per heavy atom. The van der Waals surface area contributed by atoms with Gasteiger partial charge in [0.25, 0.3) is 0 Å². The van der Waals surface area contributed by atoms with Crippen molar-refractivity contribution in [2.24, 2.45) is 5.73 Å². The van der Waals surface area contributed by atoms with Gasteiger partial charge in [-0.2, -0.15) is 0 Å². The molecule has 0 spiro atoms. The molecule has 0 saturated carbocycles. The molecular formula is C23H27N3O4. The van der Waals surface area contributed by atoms with E-state index >= 15 is 0 Å². The summed E-state index contributed by atoms with van der Waals surface area (Å²) in [6, 6.07) is 19.0. The number of hydrogen-bond acceptors (Lipinski definition) is 5. The predicted molar refractivity (Wildman–Crippen MR) is 112 cm³/mol. The fourth-order valence-electron chi connectivity index (χ4n) is 3.42. The van der Waals surface area contributed by atoms with Crippen molar-refractivity contribution in [2.45, 2.75) is 18.9 Å². The number of nitrogens with zero attached hydrogens (tertiary/aromatic N) is 2. The molecule has 3 rings (SSSR count). The van der Waals surface area contributed by atoms with Gasteiger partial charge in [-0.25, -0.2) is 0 Å². The Balaban J connectivity index is 1.59. The van der Waals surface area contributed by atoms with Crippen LogP contribution in [0.2, 0.25) is 0 Å². The molecular weight excluding hydrogens is 382 g/mol. The van der Waals surface area contributed by atoms with Crippen molar-refractivity contribution in [3.8, 4) is 0 Å². The minimum atomic E-state index is -0.575. The standard InChI is InChI=1S/C23H27N3O4/c24-13-7-14-25-16-17-26(23(29)22(25)28)15-12-20(27)30-21(18-8-3-1-4-9-18)19-10-5-2-6-11-19/h1-6,8-11,21H,7,12-17,24H2. The molecule has 7 nitrogen and oxygen atoms in total. The highest BCUT2D eigenvalue weighted by molar-refractivity contribution is 6.35. The summed E-state index contributed by atoms with van der Waals surface area (Å²) < 4.78 is 5.76. The third-order valence-electron chi connectivity index (χ3n) is 5.07. The van der Waals surface area contributed by atoms with E-state index in [9.17, 15) is 14.4 Å². The molecule has 7 heteroatoms. The summed E-state index contributed by atoms with van der Waals surface area (Å²) >= 11 is 0. The van der Waals surface area contributed by atoms with Crippen LogP contribution >= 0.6 is 0 Å². The van der Waals surface area contributed by atoms with Crippen LogP contribution in [0.25, 0.3) is 0 Å². The Hall–Kier alpha value is -3.19. The van der Waals surface area contributed by atoms with E-state index in [-0.39, 0.29) is 13.0 Å². The smallest absolute Gasteiger partial charge is 0.312 e. The summed E-state index contributed by atoms with van der Waals surface area (Å²) in [5, 5.41) is 0. The molecule has 1 aliphatic heterocycles. The van der Waals surface area contributed by atoms with Gasteiger partial charge in [-0.3, -0.25) is 14.4 Å². The first kappa shape index (κ1) is 21.5. The Kier molecular flexibility index (Phi) is 7.57. The normalized spacial score (nSPS) is 14.3. The van der Waals surface area contributed by atoms with Gasteiger partial charge in [-0.15, -0.1) is 0 Å². The highest BCUT2D eigenvalue weighted by Gasteiger charge is 2.32. The molecule has 0 unspecified atom stereocenters. The molecule has 1 fully saturated rings. The van der Waals surface area contributed by atoms with Gasteiger partial charge in [-0.1, -0.05) is 60.7 Å². The third kappa shape index (κ3) is 5.45. The van der Waals surface area contributed by atoms with E-state index in [0.29, 0.717) is 32.6 Å². The average Bonchev–Trinajstić information content (AvgIpc) is 2.79. The van der Waals surface area contributed by atoms with E-state index in [2.05, 4.69) is 0 Å². The van der Waals surface area contributed by atoms with Gasteiger partial charge in [-0.05, 0) is 24.1 Å². The van der Waals surface area contributed by atoms with Crippen molar-refractivity contribution in [2.75, 3.05) is 32.7 Å². The van der Waals surface area contributed by atoms with Gasteiger partial charge in [0, 0.05) is 26.2 Å². The molecule has 1 aliphatic rings. The molecule has 0 atom stereocenters. The van der Waals surface area contributed by atoms with Crippen LogP contribution in [0, 0.1) is 0 Å². The number of carbonyl (C=O) groups is 3. The number of rotatable bonds is 9. The van der Waals surface area contributed by atoms with Gasteiger partial charge in [0.15, 0.2) is 6.10 Å². The summed E-state index contributed by atoms with van der Waals surface area (Å²) in [5.41, 5.74) is 7.22. The maximum Gasteiger partial charge on any atom is 0.312 e. The Morgan fingerprint density at radius 2 is 1.37 bits per heavy atom. The second kappa shape index (κ2) is 10.5. The van der Waals surface area contributed by atoms with Gasteiger partial charge in [0.05, 0.1) is 6.42 Å². The number of ether oxygens (including phenoxy) is 1. The summed E-state index contributed by atoms with van der Waals surface area (Å²) in [4.78, 5) is 40.0. The zero-order valence-corrected chi connectivity index (χ0v) is 16.9. The van der Waals surface area contributed by atoms with E-state index in [1.165, 1.54) is 9.80 Å². The molecule has 1 saturated heterocycles. The topological polar surface area (TPSA) is 92.9 Å². The summed E-state index contributed by atoms with van der Waals surface area (Å²) in [6.07, 6.45) is 0.161. The number of piperazine rings is 1. The summed E-state index contributed by atoms with van der Waals surface area (Å²) in [6.45, 7) is 1.97. The van der Waals surface area contributed by atoms with E-state index in [4.69, 9.17) is 10.5 Å². The van der Waals surface area contributed by atoms with Crippen molar-refractivity contribution in [1.29, 1.82) is 0 Å². The van der Waals surface area contributed by atoms with E-state index in [1.54, 1.807) is 0 Å². The van der Waals surface area contributed by atoms with Crippen LogP contribution in [-0.2, 0) is 19.1 Å². The monoisotopic (exact) mass is 409 g/mol. The maximum absolute atomic E-state index is 12.6. The third-order valence-corrected chi connectivity index (χ3v) is 5.07. The maximum atomic E-state index is 12.6. The SMILES string of the molecule is NCCCN1CCN(CCC(=O)OC(c2ccccc2)c2ccccc2)C(=O)C1=O. The van der Waals surface area contributed by atoms with Crippen LogP contribution in [0.5, 0.6) is 0 Å². The van der Waals surface area contributed by atoms with Crippen LogP contribution < -0.4 is 5.73 Å². The quantitative estimate of drug-likeness (QED) is 0.503. The van der Waals surface area contributed by atoms with Crippen LogP contribution in [0.1, 0.15) is 30.1 Å². The largest absolute Gasteiger partial charge is 0.452 e. The number of benzene rings is 2. The minimum absolute atomic E-state index is 0.0258. The van der Waals surface area contributed by atoms with Gasteiger partial charge < -0.3 is 20.3 Å². The molecule has 30 heavy (non-hydrogen) atoms. The van der Waals surface area contributed by atoms with Gasteiger partial charge >= 0.3 is 17.8 Å². The van der Waals surface area contributed by atoms with Crippen LogP contribution in [0.4, 0.5) is 0 Å². The number of nitrogens with two attached hydrogens (primary N) is 1. The molecule has 2 amide bonds. The molecule has 2 N–H and O–H groups in total. The zero-order chi connectivity index (χ0) is 21.3. The molecule has 2 aromatic carbocycles. The highest BCUT2D eigenvalue weighted by atomic mass is 16.5. The lowest BCUT2D eigenvalue weighted by atomic mass is 10.0. The van der Waals surface area contributed by atoms with Crippen molar-refractivity contribution in [1.82, 2.24) is 9.80 Å².